The van der Waals surface area contributed by atoms with E-state index in [9.17, 15) is 4.79 Å². The molecule has 6 heteroatoms. The Hall–Kier alpha value is -2.66. The second-order valence-electron chi connectivity index (χ2n) is 6.38. The number of benzene rings is 2. The van der Waals surface area contributed by atoms with Crippen molar-refractivity contribution in [3.8, 4) is 11.5 Å². The van der Waals surface area contributed by atoms with Crippen molar-refractivity contribution in [2.45, 2.75) is 19.8 Å². The van der Waals surface area contributed by atoms with E-state index in [1.807, 2.05) is 37.3 Å². The molecule has 3 aromatic rings. The van der Waals surface area contributed by atoms with Crippen molar-refractivity contribution in [1.29, 1.82) is 0 Å². The number of aromatic amines is 1. The third-order valence-corrected chi connectivity index (χ3v) is 4.83. The molecule has 5 nitrogen and oxygen atoms in total. The molecule has 0 aliphatic heterocycles. The van der Waals surface area contributed by atoms with Gasteiger partial charge in [-0.05, 0) is 54.8 Å². The third kappa shape index (κ3) is 4.37. The van der Waals surface area contributed by atoms with E-state index in [2.05, 4.69) is 10.3 Å². The SMILES string of the molecule is COc1ccc(CC(=O)NCCc2c(C)[nH]c3ccc(Cl)cc23)cc1OC. The molecule has 0 unspecified atom stereocenters. The summed E-state index contributed by atoms with van der Waals surface area (Å²) in [6, 6.07) is 11.3. The van der Waals surface area contributed by atoms with Gasteiger partial charge in [-0.15, -0.1) is 0 Å². The highest BCUT2D eigenvalue weighted by Crippen LogP contribution is 2.28. The molecule has 0 saturated heterocycles. The number of nitrogens with one attached hydrogen (secondary N) is 2. The van der Waals surface area contributed by atoms with Crippen LogP contribution in [0.15, 0.2) is 36.4 Å². The molecule has 2 N–H and O–H groups in total. The number of halogens is 1. The minimum absolute atomic E-state index is 0.0299. The first-order valence-corrected chi connectivity index (χ1v) is 9.14. The predicted octanol–water partition coefficient (Wildman–Crippen LogP) is 4.05. The zero-order valence-electron chi connectivity index (χ0n) is 15.7. The molecular formula is C21H23ClN2O3. The minimum Gasteiger partial charge on any atom is -0.493 e. The Morgan fingerprint density at radius 3 is 2.63 bits per heavy atom. The van der Waals surface area contributed by atoms with E-state index >= 15 is 0 Å². The van der Waals surface area contributed by atoms with Crippen LogP contribution in [0.25, 0.3) is 10.9 Å². The van der Waals surface area contributed by atoms with E-state index in [-0.39, 0.29) is 5.91 Å². The molecule has 2 aromatic carbocycles. The fourth-order valence-electron chi connectivity index (χ4n) is 3.24. The molecule has 0 fully saturated rings. The number of amides is 1. The molecule has 0 atom stereocenters. The third-order valence-electron chi connectivity index (χ3n) is 4.59. The quantitative estimate of drug-likeness (QED) is 0.644. The van der Waals surface area contributed by atoms with E-state index < -0.39 is 0 Å². The smallest absolute Gasteiger partial charge is 0.224 e. The summed E-state index contributed by atoms with van der Waals surface area (Å²) < 4.78 is 10.5. The number of H-pyrrole nitrogens is 1. The van der Waals surface area contributed by atoms with Crippen LogP contribution < -0.4 is 14.8 Å². The van der Waals surface area contributed by atoms with Crippen molar-refractivity contribution in [1.82, 2.24) is 10.3 Å². The molecule has 0 radical (unpaired) electrons. The number of aryl methyl sites for hydroxylation is 1. The fraction of sp³-hybridized carbons (Fsp3) is 0.286. The van der Waals surface area contributed by atoms with Crippen LogP contribution in [-0.2, 0) is 17.6 Å². The van der Waals surface area contributed by atoms with Gasteiger partial charge in [-0.3, -0.25) is 4.79 Å². The molecule has 0 saturated carbocycles. The van der Waals surface area contributed by atoms with Crippen molar-refractivity contribution in [3.05, 3.63) is 58.2 Å². The van der Waals surface area contributed by atoms with Crippen LogP contribution in [0.2, 0.25) is 5.02 Å². The lowest BCUT2D eigenvalue weighted by Crippen LogP contribution is -2.27. The van der Waals surface area contributed by atoms with Gasteiger partial charge in [-0.25, -0.2) is 0 Å². The van der Waals surface area contributed by atoms with Crippen LogP contribution in [0, 0.1) is 6.92 Å². The summed E-state index contributed by atoms with van der Waals surface area (Å²) in [7, 11) is 3.17. The average molecular weight is 387 g/mol. The lowest BCUT2D eigenvalue weighted by atomic mass is 10.1. The van der Waals surface area contributed by atoms with Crippen LogP contribution in [0.3, 0.4) is 0 Å². The Labute approximate surface area is 163 Å². The molecule has 1 heterocycles. The van der Waals surface area contributed by atoms with Crippen molar-refractivity contribution in [2.75, 3.05) is 20.8 Å². The van der Waals surface area contributed by atoms with Crippen molar-refractivity contribution in [3.63, 3.8) is 0 Å². The molecule has 0 bridgehead atoms. The van der Waals surface area contributed by atoms with Gasteiger partial charge >= 0.3 is 0 Å². The highest BCUT2D eigenvalue weighted by molar-refractivity contribution is 6.31. The van der Waals surface area contributed by atoms with E-state index in [1.54, 1.807) is 20.3 Å². The molecule has 1 amide bonds. The maximum Gasteiger partial charge on any atom is 0.224 e. The number of aromatic nitrogens is 1. The zero-order chi connectivity index (χ0) is 19.4. The molecule has 1 aromatic heterocycles. The normalized spacial score (nSPS) is 10.8. The summed E-state index contributed by atoms with van der Waals surface area (Å²) in [6.07, 6.45) is 1.03. The van der Waals surface area contributed by atoms with Gasteiger partial charge in [0.2, 0.25) is 5.91 Å². The zero-order valence-corrected chi connectivity index (χ0v) is 16.4. The average Bonchev–Trinajstić information content (AvgIpc) is 2.96. The topological polar surface area (TPSA) is 63.3 Å². The molecule has 27 heavy (non-hydrogen) atoms. The first kappa shape index (κ1) is 19.1. The van der Waals surface area contributed by atoms with Gasteiger partial charge in [0.15, 0.2) is 11.5 Å². The molecule has 0 aliphatic carbocycles. The summed E-state index contributed by atoms with van der Waals surface area (Å²) in [5.41, 5.74) is 4.21. The molecule has 0 spiro atoms. The maximum absolute atomic E-state index is 12.3. The monoisotopic (exact) mass is 386 g/mol. The van der Waals surface area contributed by atoms with Gasteiger partial charge in [0.25, 0.3) is 0 Å². The van der Waals surface area contributed by atoms with E-state index in [0.717, 1.165) is 28.6 Å². The first-order chi connectivity index (χ1) is 13.0. The Morgan fingerprint density at radius 2 is 1.89 bits per heavy atom. The molecule has 3 rings (SSSR count). The second-order valence-corrected chi connectivity index (χ2v) is 6.82. The highest BCUT2D eigenvalue weighted by Gasteiger charge is 2.11. The number of hydrogen-bond donors (Lipinski definition) is 2. The van der Waals surface area contributed by atoms with Crippen LogP contribution in [0.4, 0.5) is 0 Å². The standard InChI is InChI=1S/C21H23ClN2O3/c1-13-16(17-12-15(22)5-6-18(17)24-13)8-9-23-21(25)11-14-4-7-19(26-2)20(10-14)27-3/h4-7,10,12,24H,8-9,11H2,1-3H3,(H,23,25). The fourth-order valence-corrected chi connectivity index (χ4v) is 3.41. The summed E-state index contributed by atoms with van der Waals surface area (Å²) >= 11 is 6.12. The van der Waals surface area contributed by atoms with E-state index in [0.29, 0.717) is 29.5 Å². The lowest BCUT2D eigenvalue weighted by Gasteiger charge is -2.10. The van der Waals surface area contributed by atoms with E-state index in [1.165, 1.54) is 5.56 Å². The molecule has 0 aliphatic rings. The van der Waals surface area contributed by atoms with Gasteiger partial charge in [-0.1, -0.05) is 17.7 Å². The Bertz CT molecular complexity index is 965. The van der Waals surface area contributed by atoms with Gasteiger partial charge in [0, 0.05) is 28.2 Å². The second kappa shape index (κ2) is 8.35. The number of ether oxygens (including phenoxy) is 2. The largest absolute Gasteiger partial charge is 0.493 e. The summed E-state index contributed by atoms with van der Waals surface area (Å²) in [5.74, 6) is 1.24. The summed E-state index contributed by atoms with van der Waals surface area (Å²) in [4.78, 5) is 15.6. The van der Waals surface area contributed by atoms with Gasteiger partial charge in [-0.2, -0.15) is 0 Å². The molecule has 142 valence electrons. The minimum atomic E-state index is -0.0299. The highest BCUT2D eigenvalue weighted by atomic mass is 35.5. The number of carbonyl (C=O) groups is 1. The van der Waals surface area contributed by atoms with Gasteiger partial charge in [0.1, 0.15) is 0 Å². The summed E-state index contributed by atoms with van der Waals surface area (Å²) in [5, 5.41) is 4.80. The van der Waals surface area contributed by atoms with Crippen molar-refractivity contribution < 1.29 is 14.3 Å². The van der Waals surface area contributed by atoms with Crippen LogP contribution in [0.1, 0.15) is 16.8 Å². The number of hydrogen-bond acceptors (Lipinski definition) is 3. The number of carbonyl (C=O) groups excluding carboxylic acids is 1. The van der Waals surface area contributed by atoms with Crippen molar-refractivity contribution >= 4 is 28.4 Å². The summed E-state index contributed by atoms with van der Waals surface area (Å²) in [6.45, 7) is 2.60. The Morgan fingerprint density at radius 1 is 1.11 bits per heavy atom. The van der Waals surface area contributed by atoms with Crippen molar-refractivity contribution in [2.24, 2.45) is 0 Å². The maximum atomic E-state index is 12.3. The Balaban J connectivity index is 1.60. The van der Waals surface area contributed by atoms with Crippen LogP contribution in [-0.4, -0.2) is 31.7 Å². The first-order valence-electron chi connectivity index (χ1n) is 8.76. The number of rotatable bonds is 7. The number of methoxy groups -OCH3 is 2. The number of fused-ring (bicyclic) bond motifs is 1. The Kier molecular flexibility index (Phi) is 5.91. The lowest BCUT2D eigenvalue weighted by molar-refractivity contribution is -0.120. The van der Waals surface area contributed by atoms with Crippen LogP contribution >= 0.6 is 11.6 Å². The van der Waals surface area contributed by atoms with Gasteiger partial charge in [0.05, 0.1) is 20.6 Å². The molecular weight excluding hydrogens is 364 g/mol. The predicted molar refractivity (Wildman–Crippen MR) is 108 cm³/mol. The van der Waals surface area contributed by atoms with E-state index in [4.69, 9.17) is 21.1 Å². The van der Waals surface area contributed by atoms with Gasteiger partial charge < -0.3 is 19.8 Å². The van der Waals surface area contributed by atoms with Crippen LogP contribution in [0.5, 0.6) is 11.5 Å².